The topological polar surface area (TPSA) is 101 Å². The normalized spacial score (nSPS) is 10.6. The number of hydrogen-bond donors (Lipinski definition) is 3. The van der Waals surface area contributed by atoms with E-state index >= 15 is 0 Å². The van der Waals surface area contributed by atoms with E-state index in [-0.39, 0.29) is 11.4 Å². The van der Waals surface area contributed by atoms with Gasteiger partial charge in [-0.25, -0.2) is 9.07 Å². The van der Waals surface area contributed by atoms with Gasteiger partial charge in [0.05, 0.1) is 17.8 Å². The first-order chi connectivity index (χ1) is 16.9. The summed E-state index contributed by atoms with van der Waals surface area (Å²) < 4.78 is 20.6. The van der Waals surface area contributed by atoms with Gasteiger partial charge in [-0.2, -0.15) is 0 Å². The van der Waals surface area contributed by atoms with E-state index in [1.807, 2.05) is 6.92 Å². The van der Waals surface area contributed by atoms with Crippen LogP contribution in [0.25, 0.3) is 10.9 Å². The van der Waals surface area contributed by atoms with Crippen molar-refractivity contribution in [3.63, 3.8) is 0 Å². The Bertz CT molecular complexity index is 1420. The van der Waals surface area contributed by atoms with Gasteiger partial charge in [0.25, 0.3) is 5.91 Å². The summed E-state index contributed by atoms with van der Waals surface area (Å²) in [4.78, 5) is 38.2. The number of hydrogen-bond acceptors (Lipinski definition) is 4. The lowest BCUT2D eigenvalue weighted by Gasteiger charge is -2.13. The first-order valence-corrected chi connectivity index (χ1v) is 11.0. The van der Waals surface area contributed by atoms with Crippen molar-refractivity contribution in [3.8, 4) is 5.75 Å². The van der Waals surface area contributed by atoms with Gasteiger partial charge in [-0.15, -0.1) is 0 Å². The molecule has 3 aromatic carbocycles. The number of anilines is 2. The van der Waals surface area contributed by atoms with Gasteiger partial charge in [-0.05, 0) is 67.6 Å². The quantitative estimate of drug-likeness (QED) is 0.335. The van der Waals surface area contributed by atoms with Gasteiger partial charge < -0.3 is 15.4 Å². The molecule has 0 spiro atoms. The molecule has 178 valence electrons. The Labute approximate surface area is 204 Å². The summed E-state index contributed by atoms with van der Waals surface area (Å²) in [7, 11) is 0. The average molecular weight is 495 g/mol. The second-order valence-electron chi connectivity index (χ2n) is 7.35. The van der Waals surface area contributed by atoms with Crippen molar-refractivity contribution in [2.45, 2.75) is 6.92 Å². The first-order valence-electron chi connectivity index (χ1n) is 10.6. The summed E-state index contributed by atoms with van der Waals surface area (Å²) >= 11 is 6.07. The van der Waals surface area contributed by atoms with Crippen LogP contribution in [-0.2, 0) is 9.59 Å². The summed E-state index contributed by atoms with van der Waals surface area (Å²) in [5.41, 5.74) is 3.16. The number of aromatic nitrogens is 1. The van der Waals surface area contributed by atoms with Gasteiger partial charge >= 0.3 is 11.8 Å². The summed E-state index contributed by atoms with van der Waals surface area (Å²) in [6, 6.07) is 18.4. The maximum atomic E-state index is 14.0. The van der Waals surface area contributed by atoms with E-state index in [9.17, 15) is 18.8 Å². The number of halogens is 2. The molecule has 3 N–H and O–H groups in total. The van der Waals surface area contributed by atoms with Gasteiger partial charge in [0.1, 0.15) is 17.3 Å². The number of ether oxygens (including phenoxy) is 1. The van der Waals surface area contributed by atoms with Gasteiger partial charge in [-0.1, -0.05) is 23.7 Å². The van der Waals surface area contributed by atoms with Crippen LogP contribution in [0.3, 0.4) is 0 Å². The lowest BCUT2D eigenvalue weighted by Crippen LogP contribution is -2.36. The van der Waals surface area contributed by atoms with E-state index in [1.54, 1.807) is 48.5 Å². The minimum Gasteiger partial charge on any atom is -0.494 e. The summed E-state index contributed by atoms with van der Waals surface area (Å²) in [6.45, 7) is 2.35. The van der Waals surface area contributed by atoms with Crippen molar-refractivity contribution in [1.82, 2.24) is 4.68 Å². The molecule has 0 unspecified atom stereocenters. The molecular weight excluding hydrogens is 475 g/mol. The summed E-state index contributed by atoms with van der Waals surface area (Å²) in [6.07, 6.45) is 0. The predicted octanol–water partition coefficient (Wildman–Crippen LogP) is 4.79. The molecule has 10 heteroatoms. The SMILES string of the molecule is CCOc1ccc(NC(=O)C(=O)Nn2c(C(=O)Nc3ccccc3F)cc3cc(Cl)ccc32)cc1. The highest BCUT2D eigenvalue weighted by Gasteiger charge is 2.22. The molecular formula is C25H20ClFN4O4. The van der Waals surface area contributed by atoms with E-state index in [2.05, 4.69) is 16.1 Å². The largest absolute Gasteiger partial charge is 0.494 e. The molecule has 3 amide bonds. The maximum Gasteiger partial charge on any atom is 0.328 e. The van der Waals surface area contributed by atoms with Crippen molar-refractivity contribution in [1.29, 1.82) is 0 Å². The Hall–Kier alpha value is -4.37. The molecule has 0 aliphatic carbocycles. The zero-order chi connectivity index (χ0) is 24.9. The highest BCUT2D eigenvalue weighted by Crippen LogP contribution is 2.24. The number of benzene rings is 3. The third kappa shape index (κ3) is 5.42. The van der Waals surface area contributed by atoms with E-state index in [0.717, 1.165) is 4.68 Å². The van der Waals surface area contributed by atoms with Gasteiger partial charge in [0.2, 0.25) is 0 Å². The number of para-hydroxylation sites is 1. The van der Waals surface area contributed by atoms with Crippen LogP contribution < -0.4 is 20.8 Å². The van der Waals surface area contributed by atoms with Crippen LogP contribution in [0.1, 0.15) is 17.4 Å². The average Bonchev–Trinajstić information content (AvgIpc) is 3.19. The molecule has 0 bridgehead atoms. The molecule has 0 saturated carbocycles. The zero-order valence-corrected chi connectivity index (χ0v) is 19.2. The molecule has 0 atom stereocenters. The van der Waals surface area contributed by atoms with Crippen molar-refractivity contribution < 1.29 is 23.5 Å². The second-order valence-corrected chi connectivity index (χ2v) is 7.79. The molecule has 8 nitrogen and oxygen atoms in total. The van der Waals surface area contributed by atoms with E-state index in [0.29, 0.717) is 34.0 Å². The van der Waals surface area contributed by atoms with Crippen LogP contribution in [-0.4, -0.2) is 29.0 Å². The van der Waals surface area contributed by atoms with Crippen LogP contribution in [0, 0.1) is 5.82 Å². The molecule has 0 saturated heterocycles. The molecule has 35 heavy (non-hydrogen) atoms. The number of amides is 3. The molecule has 1 heterocycles. The lowest BCUT2D eigenvalue weighted by molar-refractivity contribution is -0.133. The van der Waals surface area contributed by atoms with Gasteiger partial charge in [-0.3, -0.25) is 19.8 Å². The fraction of sp³-hybridized carbons (Fsp3) is 0.0800. The number of nitrogens with one attached hydrogen (secondary N) is 3. The summed E-state index contributed by atoms with van der Waals surface area (Å²) in [5.74, 6) is -2.67. The van der Waals surface area contributed by atoms with Crippen molar-refractivity contribution in [2.75, 3.05) is 22.7 Å². The van der Waals surface area contributed by atoms with Crippen LogP contribution >= 0.6 is 11.6 Å². The van der Waals surface area contributed by atoms with Gasteiger partial charge in [0, 0.05) is 16.1 Å². The molecule has 0 radical (unpaired) electrons. The molecule has 4 aromatic rings. The number of carbonyl (C=O) groups excluding carboxylic acids is 3. The highest BCUT2D eigenvalue weighted by molar-refractivity contribution is 6.42. The Kier molecular flexibility index (Phi) is 6.98. The fourth-order valence-corrected chi connectivity index (χ4v) is 3.54. The molecule has 1 aromatic heterocycles. The third-order valence-electron chi connectivity index (χ3n) is 4.96. The van der Waals surface area contributed by atoms with E-state index in [4.69, 9.17) is 16.3 Å². The van der Waals surface area contributed by atoms with Crippen LogP contribution in [0.2, 0.25) is 5.02 Å². The van der Waals surface area contributed by atoms with E-state index < -0.39 is 23.5 Å². The minimum absolute atomic E-state index is 0.0345. The Morgan fingerprint density at radius 3 is 2.40 bits per heavy atom. The Morgan fingerprint density at radius 1 is 0.943 bits per heavy atom. The third-order valence-corrected chi connectivity index (χ3v) is 5.20. The number of fused-ring (bicyclic) bond motifs is 1. The Morgan fingerprint density at radius 2 is 1.69 bits per heavy atom. The smallest absolute Gasteiger partial charge is 0.328 e. The van der Waals surface area contributed by atoms with Crippen LogP contribution in [0.5, 0.6) is 5.75 Å². The summed E-state index contributed by atoms with van der Waals surface area (Å²) in [5, 5.41) is 5.90. The van der Waals surface area contributed by atoms with Crippen LogP contribution in [0.4, 0.5) is 15.8 Å². The number of nitrogens with zero attached hydrogens (tertiary/aromatic N) is 1. The fourth-order valence-electron chi connectivity index (χ4n) is 3.36. The second kappa shape index (κ2) is 10.3. The molecule has 4 rings (SSSR count). The first kappa shape index (κ1) is 23.8. The van der Waals surface area contributed by atoms with Crippen molar-refractivity contribution in [3.05, 3.63) is 89.3 Å². The van der Waals surface area contributed by atoms with Crippen LogP contribution in [0.15, 0.2) is 72.8 Å². The molecule has 0 aliphatic rings. The standard InChI is InChI=1S/C25H20ClFN4O4/c1-2-35-18-10-8-17(9-11-18)28-24(33)25(34)30-31-21-12-7-16(26)13-15(21)14-22(31)23(32)29-20-6-4-3-5-19(20)27/h3-14H,2H2,1H3,(H,28,33)(H,29,32)(H,30,34). The minimum atomic E-state index is -1.02. The monoisotopic (exact) mass is 494 g/mol. The predicted molar refractivity (Wildman–Crippen MR) is 132 cm³/mol. The zero-order valence-electron chi connectivity index (χ0n) is 18.5. The molecule has 0 fully saturated rings. The van der Waals surface area contributed by atoms with Gasteiger partial charge in [0.15, 0.2) is 0 Å². The highest BCUT2D eigenvalue weighted by atomic mass is 35.5. The maximum absolute atomic E-state index is 14.0. The van der Waals surface area contributed by atoms with E-state index in [1.165, 1.54) is 24.3 Å². The lowest BCUT2D eigenvalue weighted by atomic mass is 10.2. The number of rotatable bonds is 6. The Balaban J connectivity index is 1.58. The van der Waals surface area contributed by atoms with Crippen molar-refractivity contribution >= 4 is 51.6 Å². The van der Waals surface area contributed by atoms with Crippen molar-refractivity contribution in [2.24, 2.45) is 0 Å². The molecule has 0 aliphatic heterocycles. The number of carbonyl (C=O) groups is 3.